The summed E-state index contributed by atoms with van der Waals surface area (Å²) in [6, 6.07) is 0.943. The van der Waals surface area contributed by atoms with E-state index in [4.69, 9.17) is 5.73 Å². The lowest BCUT2D eigenvalue weighted by Gasteiger charge is -2.32. The molecule has 0 amide bonds. The van der Waals surface area contributed by atoms with Crippen molar-refractivity contribution in [2.75, 3.05) is 7.05 Å². The van der Waals surface area contributed by atoms with Crippen molar-refractivity contribution in [3.63, 3.8) is 0 Å². The Morgan fingerprint density at radius 2 is 2.08 bits per heavy atom. The zero-order chi connectivity index (χ0) is 18.1. The second kappa shape index (κ2) is 6.41. The summed E-state index contributed by atoms with van der Waals surface area (Å²) in [7, 11) is 1.71. The van der Waals surface area contributed by atoms with E-state index in [1.54, 1.807) is 7.05 Å². The van der Waals surface area contributed by atoms with E-state index in [2.05, 4.69) is 15.1 Å². The SMILES string of the molecule is CCC(/C=C(\CC)C1(C)Cn2nc(C(F)(F)F)cc2C(N)=N1)=NC. The Bertz CT molecular complexity index is 712. The van der Waals surface area contributed by atoms with E-state index in [0.29, 0.717) is 6.42 Å². The highest BCUT2D eigenvalue weighted by Gasteiger charge is 2.39. The van der Waals surface area contributed by atoms with Gasteiger partial charge in [0.15, 0.2) is 5.69 Å². The number of aliphatic imine (C=N–C) groups is 2. The highest BCUT2D eigenvalue weighted by molar-refractivity contribution is 5.98. The van der Waals surface area contributed by atoms with Crippen molar-refractivity contribution in [1.29, 1.82) is 0 Å². The molecule has 2 rings (SSSR count). The summed E-state index contributed by atoms with van der Waals surface area (Å²) in [5.74, 6) is 0.0672. The van der Waals surface area contributed by atoms with Crippen molar-refractivity contribution in [3.05, 3.63) is 29.1 Å². The lowest BCUT2D eigenvalue weighted by Crippen LogP contribution is -2.40. The van der Waals surface area contributed by atoms with E-state index in [9.17, 15) is 13.2 Å². The van der Waals surface area contributed by atoms with E-state index in [1.165, 1.54) is 4.68 Å². The van der Waals surface area contributed by atoms with Crippen molar-refractivity contribution in [1.82, 2.24) is 9.78 Å². The minimum Gasteiger partial charge on any atom is -0.382 e. The number of nitrogens with zero attached hydrogens (tertiary/aromatic N) is 4. The third kappa shape index (κ3) is 3.37. The number of hydrogen-bond acceptors (Lipinski definition) is 4. The van der Waals surface area contributed by atoms with E-state index < -0.39 is 17.4 Å². The van der Waals surface area contributed by atoms with E-state index >= 15 is 0 Å². The Kier molecular flexibility index (Phi) is 4.87. The first-order valence-electron chi connectivity index (χ1n) is 7.82. The molecule has 8 heteroatoms. The molecule has 132 valence electrons. The lowest BCUT2D eigenvalue weighted by molar-refractivity contribution is -0.141. The van der Waals surface area contributed by atoms with Crippen LogP contribution in [0.1, 0.15) is 45.0 Å². The first kappa shape index (κ1) is 18.2. The molecule has 1 unspecified atom stereocenters. The molecule has 5 nitrogen and oxygen atoms in total. The molecule has 0 aliphatic carbocycles. The number of allylic oxidation sites excluding steroid dienone is 1. The van der Waals surface area contributed by atoms with Gasteiger partial charge in [-0.2, -0.15) is 18.3 Å². The predicted octanol–water partition coefficient (Wildman–Crippen LogP) is 3.20. The minimum absolute atomic E-state index is 0.0672. The smallest absolute Gasteiger partial charge is 0.382 e. The van der Waals surface area contributed by atoms with Gasteiger partial charge in [-0.15, -0.1) is 0 Å². The molecule has 2 heterocycles. The van der Waals surface area contributed by atoms with Crippen molar-refractivity contribution in [3.8, 4) is 0 Å². The molecule has 1 atom stereocenters. The van der Waals surface area contributed by atoms with Gasteiger partial charge < -0.3 is 5.73 Å². The van der Waals surface area contributed by atoms with Gasteiger partial charge in [0.2, 0.25) is 0 Å². The summed E-state index contributed by atoms with van der Waals surface area (Å²) < 4.78 is 40.0. The number of rotatable bonds is 4. The Labute approximate surface area is 139 Å². The van der Waals surface area contributed by atoms with Crippen LogP contribution in [0.3, 0.4) is 0 Å². The van der Waals surface area contributed by atoms with Crippen LogP contribution in [0.4, 0.5) is 13.2 Å². The van der Waals surface area contributed by atoms with Gasteiger partial charge >= 0.3 is 6.18 Å². The van der Waals surface area contributed by atoms with Gasteiger partial charge in [0.05, 0.1) is 6.54 Å². The molecule has 1 aromatic heterocycles. The van der Waals surface area contributed by atoms with Crippen LogP contribution >= 0.6 is 0 Å². The Hall–Kier alpha value is -2.12. The molecule has 1 aromatic rings. The average Bonchev–Trinajstić information content (AvgIpc) is 2.92. The molecule has 1 aliphatic heterocycles. The molecule has 0 spiro atoms. The lowest BCUT2D eigenvalue weighted by atomic mass is 9.87. The molecule has 0 bridgehead atoms. The largest absolute Gasteiger partial charge is 0.435 e. The summed E-state index contributed by atoms with van der Waals surface area (Å²) in [5.41, 5.74) is 6.31. The Balaban J connectivity index is 2.47. The van der Waals surface area contributed by atoms with Crippen LogP contribution in [0.2, 0.25) is 0 Å². The fourth-order valence-corrected chi connectivity index (χ4v) is 2.87. The third-order valence-electron chi connectivity index (χ3n) is 4.22. The summed E-state index contributed by atoms with van der Waals surface area (Å²) in [6.07, 6.45) is -1.10. The predicted molar refractivity (Wildman–Crippen MR) is 88.4 cm³/mol. The van der Waals surface area contributed by atoms with E-state index in [0.717, 1.165) is 23.8 Å². The number of alkyl halides is 3. The molecular formula is C16H22F3N5. The fourth-order valence-electron chi connectivity index (χ4n) is 2.87. The van der Waals surface area contributed by atoms with Crippen molar-refractivity contribution in [2.45, 2.75) is 51.9 Å². The second-order valence-electron chi connectivity index (χ2n) is 5.93. The summed E-state index contributed by atoms with van der Waals surface area (Å²) >= 11 is 0. The molecule has 1 aliphatic rings. The van der Waals surface area contributed by atoms with Gasteiger partial charge in [0, 0.05) is 12.8 Å². The zero-order valence-corrected chi connectivity index (χ0v) is 14.3. The molecule has 0 saturated carbocycles. The molecule has 0 fully saturated rings. The minimum atomic E-state index is -4.51. The van der Waals surface area contributed by atoms with Crippen molar-refractivity contribution >= 4 is 11.5 Å². The molecule has 0 aromatic carbocycles. The molecule has 24 heavy (non-hydrogen) atoms. The Morgan fingerprint density at radius 3 is 2.58 bits per heavy atom. The topological polar surface area (TPSA) is 68.6 Å². The van der Waals surface area contributed by atoms with Gasteiger partial charge in [-0.1, -0.05) is 13.8 Å². The van der Waals surface area contributed by atoms with Gasteiger partial charge in [0.1, 0.15) is 17.1 Å². The second-order valence-corrected chi connectivity index (χ2v) is 5.93. The van der Waals surface area contributed by atoms with Crippen molar-refractivity contribution < 1.29 is 13.2 Å². The molecular weight excluding hydrogens is 319 g/mol. The number of fused-ring (bicyclic) bond motifs is 1. The highest BCUT2D eigenvalue weighted by atomic mass is 19.4. The highest BCUT2D eigenvalue weighted by Crippen LogP contribution is 2.34. The normalized spacial score (nSPS) is 22.4. The first-order chi connectivity index (χ1) is 11.1. The fraction of sp³-hybridized carbons (Fsp3) is 0.562. The van der Waals surface area contributed by atoms with Crippen LogP contribution < -0.4 is 5.73 Å². The van der Waals surface area contributed by atoms with Crippen LogP contribution in [0.15, 0.2) is 27.7 Å². The van der Waals surface area contributed by atoms with Gasteiger partial charge in [-0.25, -0.2) is 0 Å². The Morgan fingerprint density at radius 1 is 1.42 bits per heavy atom. The van der Waals surface area contributed by atoms with Gasteiger partial charge in [-0.3, -0.25) is 14.7 Å². The van der Waals surface area contributed by atoms with Crippen LogP contribution in [-0.4, -0.2) is 33.9 Å². The monoisotopic (exact) mass is 341 g/mol. The van der Waals surface area contributed by atoms with Gasteiger partial charge in [-0.05, 0) is 37.5 Å². The zero-order valence-electron chi connectivity index (χ0n) is 14.3. The maximum atomic E-state index is 12.9. The van der Waals surface area contributed by atoms with Crippen LogP contribution in [0.5, 0.6) is 0 Å². The molecule has 0 saturated heterocycles. The standard InChI is InChI=1S/C16H22F3N5/c1-5-10(7-11(6-2)21-4)15(3)9-24-12(14(20)22-15)8-13(23-24)16(17,18)19/h7-8H,5-6,9H2,1-4H3,(H2,20,22)/b10-7+,21-11?. The number of amidine groups is 1. The average molecular weight is 341 g/mol. The molecule has 0 radical (unpaired) electrons. The third-order valence-corrected chi connectivity index (χ3v) is 4.22. The number of hydrogen-bond donors (Lipinski definition) is 1. The maximum Gasteiger partial charge on any atom is 0.435 e. The quantitative estimate of drug-likeness (QED) is 0.855. The van der Waals surface area contributed by atoms with Crippen LogP contribution in [0.25, 0.3) is 0 Å². The summed E-state index contributed by atoms with van der Waals surface area (Å²) in [5, 5.41) is 3.68. The van der Waals surface area contributed by atoms with E-state index in [-0.39, 0.29) is 18.1 Å². The van der Waals surface area contributed by atoms with E-state index in [1.807, 2.05) is 26.8 Å². The first-order valence-corrected chi connectivity index (χ1v) is 7.82. The molecule has 2 N–H and O–H groups in total. The van der Waals surface area contributed by atoms with Crippen molar-refractivity contribution in [2.24, 2.45) is 15.7 Å². The van der Waals surface area contributed by atoms with Gasteiger partial charge in [0.25, 0.3) is 0 Å². The number of halogens is 3. The maximum absolute atomic E-state index is 12.9. The summed E-state index contributed by atoms with van der Waals surface area (Å²) in [6.45, 7) is 6.04. The van der Waals surface area contributed by atoms with Crippen LogP contribution in [0, 0.1) is 0 Å². The van der Waals surface area contributed by atoms with Crippen LogP contribution in [-0.2, 0) is 12.7 Å². The summed E-state index contributed by atoms with van der Waals surface area (Å²) in [4.78, 5) is 8.70. The number of nitrogens with two attached hydrogens (primary N) is 1. The number of aromatic nitrogens is 2.